The molecule has 0 aromatic heterocycles. The van der Waals surface area contributed by atoms with Crippen molar-refractivity contribution >= 4 is 29.1 Å². The average Bonchev–Trinajstić information content (AvgIpc) is 2.54. The van der Waals surface area contributed by atoms with Gasteiger partial charge in [-0.15, -0.1) is 0 Å². The predicted octanol–water partition coefficient (Wildman–Crippen LogP) is 2.82. The van der Waals surface area contributed by atoms with E-state index in [1.54, 1.807) is 13.2 Å². The van der Waals surface area contributed by atoms with Crippen molar-refractivity contribution in [3.05, 3.63) is 27.7 Å². The Hall–Kier alpha value is -1.01. The lowest BCUT2D eigenvalue weighted by Gasteiger charge is -2.36. The first-order chi connectivity index (χ1) is 11.5. The van der Waals surface area contributed by atoms with Crippen molar-refractivity contribution in [1.82, 2.24) is 10.2 Å². The summed E-state index contributed by atoms with van der Waals surface area (Å²) in [6.07, 6.45) is 3.73. The number of piperidine rings is 1. The van der Waals surface area contributed by atoms with Crippen LogP contribution in [0.4, 0.5) is 0 Å². The molecule has 24 heavy (non-hydrogen) atoms. The molecule has 3 N–H and O–H groups in total. The third-order valence-corrected chi connectivity index (χ3v) is 4.82. The van der Waals surface area contributed by atoms with Crippen LogP contribution in [0.2, 0.25) is 10.0 Å². The van der Waals surface area contributed by atoms with Crippen LogP contribution in [0, 0.1) is 0 Å². The van der Waals surface area contributed by atoms with Crippen LogP contribution in [0.1, 0.15) is 31.2 Å². The Bertz CT molecular complexity index is 569. The molecule has 1 amide bonds. The number of methoxy groups -OCH3 is 1. The van der Waals surface area contributed by atoms with Gasteiger partial charge in [0.25, 0.3) is 0 Å². The summed E-state index contributed by atoms with van der Waals surface area (Å²) in [5.74, 6) is 0.670. The maximum Gasteiger partial charge on any atom is 0.221 e. The van der Waals surface area contributed by atoms with E-state index in [1.807, 2.05) is 6.07 Å². The largest absolute Gasteiger partial charge is 0.495 e. The molecule has 1 heterocycles. The molecule has 0 aliphatic carbocycles. The van der Waals surface area contributed by atoms with Gasteiger partial charge >= 0.3 is 0 Å². The summed E-state index contributed by atoms with van der Waals surface area (Å²) in [5, 5.41) is 4.09. The molecule has 1 aliphatic heterocycles. The quantitative estimate of drug-likeness (QED) is 0.770. The molecule has 5 nitrogen and oxygen atoms in total. The van der Waals surface area contributed by atoms with Crippen LogP contribution in [0.25, 0.3) is 0 Å². The van der Waals surface area contributed by atoms with Crippen molar-refractivity contribution < 1.29 is 9.53 Å². The van der Waals surface area contributed by atoms with Crippen LogP contribution in [-0.2, 0) is 11.3 Å². The van der Waals surface area contributed by atoms with Gasteiger partial charge in [-0.3, -0.25) is 9.69 Å². The molecule has 1 aromatic rings. The lowest BCUT2D eigenvalue weighted by molar-refractivity contribution is -0.121. The number of hydrogen-bond donors (Lipinski definition) is 2. The zero-order valence-electron chi connectivity index (χ0n) is 14.0. The number of hydrogen-bond acceptors (Lipinski definition) is 4. The minimum absolute atomic E-state index is 0.00593. The number of ether oxygens (including phenoxy) is 1. The zero-order chi connectivity index (χ0) is 17.5. The highest BCUT2D eigenvalue weighted by molar-refractivity contribution is 6.35. The van der Waals surface area contributed by atoms with Gasteiger partial charge in [0, 0.05) is 42.7 Å². The summed E-state index contributed by atoms with van der Waals surface area (Å²) in [4.78, 5) is 14.0. The fraction of sp³-hybridized carbons (Fsp3) is 0.588. The molecule has 2 rings (SSSR count). The number of rotatable bonds is 7. The molecule has 0 radical (unpaired) electrons. The second kappa shape index (κ2) is 9.47. The molecule has 1 fully saturated rings. The fourth-order valence-electron chi connectivity index (χ4n) is 3.13. The number of nitrogens with one attached hydrogen (secondary N) is 1. The molecule has 7 heteroatoms. The number of amides is 1. The van der Waals surface area contributed by atoms with Crippen molar-refractivity contribution in [2.45, 2.75) is 38.3 Å². The van der Waals surface area contributed by atoms with E-state index in [2.05, 4.69) is 10.2 Å². The Morgan fingerprint density at radius 2 is 2.21 bits per heavy atom. The summed E-state index contributed by atoms with van der Waals surface area (Å²) in [7, 11) is 1.61. The van der Waals surface area contributed by atoms with Crippen LogP contribution in [0.5, 0.6) is 5.75 Å². The molecular formula is C17H25Cl2N3O2. The highest BCUT2D eigenvalue weighted by atomic mass is 35.5. The van der Waals surface area contributed by atoms with Crippen LogP contribution in [0.15, 0.2) is 12.1 Å². The number of nitrogens with zero attached hydrogens (tertiary/aromatic N) is 1. The van der Waals surface area contributed by atoms with Gasteiger partial charge in [-0.1, -0.05) is 29.6 Å². The second-order valence-electron chi connectivity index (χ2n) is 6.04. The number of halogens is 2. The topological polar surface area (TPSA) is 67.6 Å². The van der Waals surface area contributed by atoms with Gasteiger partial charge in [-0.05, 0) is 31.5 Å². The molecule has 0 saturated carbocycles. The van der Waals surface area contributed by atoms with Crippen molar-refractivity contribution in [3.8, 4) is 5.75 Å². The Kier molecular flexibility index (Phi) is 7.62. The van der Waals surface area contributed by atoms with Gasteiger partial charge < -0.3 is 15.8 Å². The molecule has 134 valence electrons. The van der Waals surface area contributed by atoms with Gasteiger partial charge in [0.2, 0.25) is 5.91 Å². The minimum atomic E-state index is 0.00593. The third kappa shape index (κ3) is 5.24. The molecule has 1 saturated heterocycles. The first-order valence-corrected chi connectivity index (χ1v) is 9.03. The van der Waals surface area contributed by atoms with Crippen LogP contribution in [-0.4, -0.2) is 43.6 Å². The van der Waals surface area contributed by atoms with E-state index >= 15 is 0 Å². The van der Waals surface area contributed by atoms with Gasteiger partial charge in [0.05, 0.1) is 12.1 Å². The van der Waals surface area contributed by atoms with E-state index < -0.39 is 0 Å². The Balaban J connectivity index is 2.07. The van der Waals surface area contributed by atoms with E-state index in [4.69, 9.17) is 33.7 Å². The van der Waals surface area contributed by atoms with Crippen molar-refractivity contribution in [2.24, 2.45) is 5.73 Å². The fourth-order valence-corrected chi connectivity index (χ4v) is 3.74. The minimum Gasteiger partial charge on any atom is -0.495 e. The number of likely N-dealkylation sites (tertiary alicyclic amines) is 1. The SMILES string of the molecule is COc1c(Cl)cc(Cl)cc1CN1CCCCC1CNC(=O)CCN. The molecule has 1 unspecified atom stereocenters. The predicted molar refractivity (Wildman–Crippen MR) is 97.7 cm³/mol. The molecule has 1 atom stereocenters. The zero-order valence-corrected chi connectivity index (χ0v) is 15.5. The normalized spacial score (nSPS) is 18.4. The summed E-state index contributed by atoms with van der Waals surface area (Å²) in [6.45, 7) is 2.68. The second-order valence-corrected chi connectivity index (χ2v) is 6.89. The van der Waals surface area contributed by atoms with E-state index in [0.29, 0.717) is 47.9 Å². The van der Waals surface area contributed by atoms with E-state index in [-0.39, 0.29) is 5.91 Å². The maximum atomic E-state index is 11.7. The monoisotopic (exact) mass is 373 g/mol. The first kappa shape index (κ1) is 19.3. The summed E-state index contributed by atoms with van der Waals surface area (Å²) in [5.41, 5.74) is 6.39. The molecular weight excluding hydrogens is 349 g/mol. The molecule has 1 aromatic carbocycles. The number of carbonyl (C=O) groups excluding carboxylic acids is 1. The number of carbonyl (C=O) groups is 1. The Morgan fingerprint density at radius 1 is 1.42 bits per heavy atom. The molecule has 0 bridgehead atoms. The maximum absolute atomic E-state index is 11.7. The highest BCUT2D eigenvalue weighted by Crippen LogP contribution is 2.34. The lowest BCUT2D eigenvalue weighted by atomic mass is 10.0. The summed E-state index contributed by atoms with van der Waals surface area (Å²) < 4.78 is 5.44. The number of benzene rings is 1. The van der Waals surface area contributed by atoms with Gasteiger partial charge in [0.15, 0.2) is 0 Å². The van der Waals surface area contributed by atoms with Gasteiger partial charge in [0.1, 0.15) is 5.75 Å². The Labute approximate surface area is 153 Å². The van der Waals surface area contributed by atoms with E-state index in [0.717, 1.165) is 24.9 Å². The molecule has 0 spiro atoms. The van der Waals surface area contributed by atoms with Crippen LogP contribution in [0.3, 0.4) is 0 Å². The highest BCUT2D eigenvalue weighted by Gasteiger charge is 2.24. The van der Waals surface area contributed by atoms with Crippen molar-refractivity contribution in [2.75, 3.05) is 26.7 Å². The lowest BCUT2D eigenvalue weighted by Crippen LogP contribution is -2.46. The summed E-state index contributed by atoms with van der Waals surface area (Å²) in [6, 6.07) is 3.87. The van der Waals surface area contributed by atoms with Gasteiger partial charge in [-0.2, -0.15) is 0 Å². The van der Waals surface area contributed by atoms with E-state index in [9.17, 15) is 4.79 Å². The summed E-state index contributed by atoms with van der Waals surface area (Å²) >= 11 is 12.4. The van der Waals surface area contributed by atoms with Crippen LogP contribution < -0.4 is 15.8 Å². The Morgan fingerprint density at radius 3 is 2.92 bits per heavy atom. The van der Waals surface area contributed by atoms with E-state index in [1.165, 1.54) is 6.42 Å². The standard InChI is InChI=1S/C17H25Cl2N3O2/c1-24-17-12(8-13(18)9-15(17)19)11-22-7-3-2-4-14(22)10-21-16(23)5-6-20/h8-9,14H,2-7,10-11,20H2,1H3,(H,21,23). The van der Waals surface area contributed by atoms with Gasteiger partial charge in [-0.25, -0.2) is 0 Å². The molecule has 1 aliphatic rings. The smallest absolute Gasteiger partial charge is 0.221 e. The first-order valence-electron chi connectivity index (χ1n) is 8.28. The number of nitrogens with two attached hydrogens (primary N) is 1. The van der Waals surface area contributed by atoms with Crippen molar-refractivity contribution in [3.63, 3.8) is 0 Å². The average molecular weight is 374 g/mol. The third-order valence-electron chi connectivity index (χ3n) is 4.32. The van der Waals surface area contributed by atoms with Crippen molar-refractivity contribution in [1.29, 1.82) is 0 Å². The van der Waals surface area contributed by atoms with Crippen LogP contribution >= 0.6 is 23.2 Å².